The minimum atomic E-state index is -0.286. The van der Waals surface area contributed by atoms with Crippen molar-refractivity contribution in [1.29, 1.82) is 0 Å². The van der Waals surface area contributed by atoms with Crippen LogP contribution in [0.3, 0.4) is 0 Å². The Bertz CT molecular complexity index is 378. The van der Waals surface area contributed by atoms with Crippen molar-refractivity contribution in [2.24, 2.45) is 0 Å². The molecule has 0 unspecified atom stereocenters. The molecule has 0 aromatic heterocycles. The van der Waals surface area contributed by atoms with Gasteiger partial charge in [0.25, 0.3) is 0 Å². The zero-order chi connectivity index (χ0) is 12.7. The second-order valence-electron chi connectivity index (χ2n) is 3.54. The van der Waals surface area contributed by atoms with Crippen LogP contribution in [-0.4, -0.2) is 25.7 Å². The van der Waals surface area contributed by atoms with Crippen molar-refractivity contribution < 1.29 is 9.53 Å². The van der Waals surface area contributed by atoms with Crippen LogP contribution in [0.1, 0.15) is 31.1 Å². The molecule has 0 radical (unpaired) electrons. The lowest BCUT2D eigenvalue weighted by molar-refractivity contribution is 0.0527. The summed E-state index contributed by atoms with van der Waals surface area (Å²) in [6, 6.07) is 5.60. The Morgan fingerprint density at radius 2 is 1.88 bits per heavy atom. The van der Waals surface area contributed by atoms with Crippen molar-refractivity contribution in [2.45, 2.75) is 20.8 Å². The van der Waals surface area contributed by atoms with Crippen molar-refractivity contribution in [1.82, 2.24) is 0 Å². The fourth-order valence-electron chi connectivity index (χ4n) is 1.58. The van der Waals surface area contributed by atoms with E-state index < -0.39 is 0 Å². The standard InChI is InChI=1S/C13H20N2O2/c1-4-14-10-7-8-11(13(16)17-6-3)12(9-10)15-5-2/h7-9,14-15H,4-6H2,1-3H3. The summed E-state index contributed by atoms with van der Waals surface area (Å²) in [7, 11) is 0. The Labute approximate surface area is 102 Å². The predicted molar refractivity (Wildman–Crippen MR) is 70.7 cm³/mol. The van der Waals surface area contributed by atoms with Gasteiger partial charge in [0.15, 0.2) is 0 Å². The lowest BCUT2D eigenvalue weighted by Crippen LogP contribution is -2.10. The summed E-state index contributed by atoms with van der Waals surface area (Å²) < 4.78 is 5.02. The highest BCUT2D eigenvalue weighted by Gasteiger charge is 2.12. The minimum Gasteiger partial charge on any atom is -0.462 e. The molecule has 94 valence electrons. The molecule has 1 aromatic rings. The molecule has 17 heavy (non-hydrogen) atoms. The molecule has 0 fully saturated rings. The molecule has 0 aliphatic heterocycles. The molecular formula is C13H20N2O2. The topological polar surface area (TPSA) is 50.4 Å². The number of ether oxygens (including phenoxy) is 1. The third-order valence-electron chi connectivity index (χ3n) is 2.26. The monoisotopic (exact) mass is 236 g/mol. The minimum absolute atomic E-state index is 0.286. The third-order valence-corrected chi connectivity index (χ3v) is 2.26. The van der Waals surface area contributed by atoms with Gasteiger partial charge in [-0.1, -0.05) is 0 Å². The highest BCUT2D eigenvalue weighted by Crippen LogP contribution is 2.21. The van der Waals surface area contributed by atoms with Gasteiger partial charge in [-0.25, -0.2) is 4.79 Å². The smallest absolute Gasteiger partial charge is 0.340 e. The van der Waals surface area contributed by atoms with Crippen molar-refractivity contribution in [3.05, 3.63) is 23.8 Å². The summed E-state index contributed by atoms with van der Waals surface area (Å²) in [4.78, 5) is 11.7. The molecule has 0 aliphatic carbocycles. The molecule has 0 aliphatic rings. The second-order valence-corrected chi connectivity index (χ2v) is 3.54. The van der Waals surface area contributed by atoms with E-state index in [9.17, 15) is 4.79 Å². The van der Waals surface area contributed by atoms with Crippen LogP contribution in [0.2, 0.25) is 0 Å². The normalized spacial score (nSPS) is 9.82. The molecule has 1 aromatic carbocycles. The summed E-state index contributed by atoms with van der Waals surface area (Å²) in [6.45, 7) is 7.84. The zero-order valence-electron chi connectivity index (χ0n) is 10.7. The van der Waals surface area contributed by atoms with Gasteiger partial charge in [-0.15, -0.1) is 0 Å². The van der Waals surface area contributed by atoms with Crippen molar-refractivity contribution in [2.75, 3.05) is 30.3 Å². The van der Waals surface area contributed by atoms with Crippen molar-refractivity contribution in [3.63, 3.8) is 0 Å². The van der Waals surface area contributed by atoms with Gasteiger partial charge in [-0.3, -0.25) is 0 Å². The Hall–Kier alpha value is -1.71. The molecule has 4 heteroatoms. The van der Waals surface area contributed by atoms with Gasteiger partial charge in [0.2, 0.25) is 0 Å². The molecule has 0 atom stereocenters. The fraction of sp³-hybridized carbons (Fsp3) is 0.462. The van der Waals surface area contributed by atoms with Crippen LogP contribution in [0, 0.1) is 0 Å². The Balaban J connectivity index is 2.98. The largest absolute Gasteiger partial charge is 0.462 e. The highest BCUT2D eigenvalue weighted by molar-refractivity contribution is 5.96. The molecule has 4 nitrogen and oxygen atoms in total. The number of esters is 1. The molecule has 2 N–H and O–H groups in total. The first-order valence-electron chi connectivity index (χ1n) is 6.01. The SMILES string of the molecule is CCNc1ccc(C(=O)OCC)c(NCC)c1. The van der Waals surface area contributed by atoms with Crippen LogP contribution in [0.15, 0.2) is 18.2 Å². The first kappa shape index (κ1) is 13.4. The summed E-state index contributed by atoms with van der Waals surface area (Å²) in [5, 5.41) is 6.39. The number of carbonyl (C=O) groups is 1. The van der Waals surface area contributed by atoms with Gasteiger partial charge in [-0.2, -0.15) is 0 Å². The summed E-state index contributed by atoms with van der Waals surface area (Å²) in [6.07, 6.45) is 0. The highest BCUT2D eigenvalue weighted by atomic mass is 16.5. The van der Waals surface area contributed by atoms with E-state index in [0.29, 0.717) is 12.2 Å². The van der Waals surface area contributed by atoms with E-state index >= 15 is 0 Å². The van der Waals surface area contributed by atoms with Gasteiger partial charge >= 0.3 is 5.97 Å². The number of nitrogens with one attached hydrogen (secondary N) is 2. The molecule has 0 saturated carbocycles. The first-order chi connectivity index (χ1) is 8.22. The van der Waals surface area contributed by atoms with Gasteiger partial charge < -0.3 is 15.4 Å². The van der Waals surface area contributed by atoms with Crippen LogP contribution < -0.4 is 10.6 Å². The zero-order valence-corrected chi connectivity index (χ0v) is 10.7. The van der Waals surface area contributed by atoms with Gasteiger partial charge in [0.1, 0.15) is 0 Å². The van der Waals surface area contributed by atoms with Crippen LogP contribution >= 0.6 is 0 Å². The summed E-state index contributed by atoms with van der Waals surface area (Å²) >= 11 is 0. The lowest BCUT2D eigenvalue weighted by Gasteiger charge is -2.12. The molecule has 1 rings (SSSR count). The quantitative estimate of drug-likeness (QED) is 0.746. The molecular weight excluding hydrogens is 216 g/mol. The number of hydrogen-bond donors (Lipinski definition) is 2. The average Bonchev–Trinajstić information content (AvgIpc) is 2.30. The molecule has 0 amide bonds. The number of anilines is 2. The van der Waals surface area contributed by atoms with Crippen molar-refractivity contribution in [3.8, 4) is 0 Å². The predicted octanol–water partition coefficient (Wildman–Crippen LogP) is 2.73. The third kappa shape index (κ3) is 3.66. The summed E-state index contributed by atoms with van der Waals surface area (Å²) in [5.41, 5.74) is 2.39. The molecule has 0 heterocycles. The maximum absolute atomic E-state index is 11.7. The van der Waals surface area contributed by atoms with Gasteiger partial charge in [0.05, 0.1) is 17.9 Å². The first-order valence-corrected chi connectivity index (χ1v) is 6.01. The van der Waals surface area contributed by atoms with Crippen LogP contribution in [0.5, 0.6) is 0 Å². The number of rotatable bonds is 6. The van der Waals surface area contributed by atoms with Gasteiger partial charge in [0, 0.05) is 18.8 Å². The van der Waals surface area contributed by atoms with Gasteiger partial charge in [-0.05, 0) is 39.0 Å². The number of hydrogen-bond acceptors (Lipinski definition) is 4. The fourth-order valence-corrected chi connectivity index (χ4v) is 1.58. The van der Waals surface area contributed by atoms with E-state index in [2.05, 4.69) is 10.6 Å². The van der Waals surface area contributed by atoms with E-state index in [1.165, 1.54) is 0 Å². The van der Waals surface area contributed by atoms with E-state index in [4.69, 9.17) is 4.74 Å². The Morgan fingerprint density at radius 1 is 1.18 bits per heavy atom. The maximum Gasteiger partial charge on any atom is 0.340 e. The molecule has 0 bridgehead atoms. The van der Waals surface area contributed by atoms with E-state index in [1.54, 1.807) is 13.0 Å². The lowest BCUT2D eigenvalue weighted by atomic mass is 10.1. The maximum atomic E-state index is 11.7. The average molecular weight is 236 g/mol. The summed E-state index contributed by atoms with van der Waals surface area (Å²) in [5.74, 6) is -0.286. The van der Waals surface area contributed by atoms with Crippen molar-refractivity contribution >= 4 is 17.3 Å². The second kappa shape index (κ2) is 6.78. The van der Waals surface area contributed by atoms with Crippen LogP contribution in [0.25, 0.3) is 0 Å². The Kier molecular flexibility index (Phi) is 5.33. The van der Waals surface area contributed by atoms with Crippen LogP contribution in [0.4, 0.5) is 11.4 Å². The molecule has 0 saturated heterocycles. The Morgan fingerprint density at radius 3 is 2.47 bits per heavy atom. The molecule has 0 spiro atoms. The van der Waals surface area contributed by atoms with E-state index in [1.807, 2.05) is 26.0 Å². The van der Waals surface area contributed by atoms with E-state index in [-0.39, 0.29) is 5.97 Å². The number of carbonyl (C=O) groups excluding carboxylic acids is 1. The number of benzene rings is 1. The van der Waals surface area contributed by atoms with Crippen LogP contribution in [-0.2, 0) is 4.74 Å². The van der Waals surface area contributed by atoms with E-state index in [0.717, 1.165) is 24.5 Å².